The number of nitrogens with two attached hydrogens (primary N) is 2. The number of hydrogen-bond donors (Lipinski definition) is 2. The van der Waals surface area contributed by atoms with Gasteiger partial charge >= 0.3 is 0 Å². The van der Waals surface area contributed by atoms with Crippen molar-refractivity contribution in [1.29, 1.82) is 0 Å². The van der Waals surface area contributed by atoms with Crippen LogP contribution in [0, 0.1) is 0 Å². The van der Waals surface area contributed by atoms with Gasteiger partial charge in [0.2, 0.25) is 0 Å². The minimum Gasteiger partial charge on any atom is -0.399 e. The van der Waals surface area contributed by atoms with Crippen molar-refractivity contribution in [2.45, 2.75) is 26.3 Å². The molecule has 4 N–H and O–H groups in total. The second-order valence-electron chi connectivity index (χ2n) is 3.37. The lowest BCUT2D eigenvalue weighted by Crippen LogP contribution is -2.00. The molecule has 2 nitrogen and oxygen atoms in total. The van der Waals surface area contributed by atoms with Gasteiger partial charge in [-0.05, 0) is 29.2 Å². The summed E-state index contributed by atoms with van der Waals surface area (Å²) in [5.74, 6) is 0.513. The summed E-state index contributed by atoms with van der Waals surface area (Å²) in [5, 5.41) is 0. The Bertz CT molecular complexity index is 267. The molecule has 0 aromatic heterocycles. The second kappa shape index (κ2) is 3.59. The molecule has 0 amide bonds. The summed E-state index contributed by atoms with van der Waals surface area (Å²) >= 11 is 0. The topological polar surface area (TPSA) is 52.0 Å². The van der Waals surface area contributed by atoms with Crippen LogP contribution in [0.5, 0.6) is 0 Å². The highest BCUT2D eigenvalue weighted by Gasteiger charge is 2.01. The molecule has 66 valence electrons. The molecule has 0 saturated heterocycles. The maximum absolute atomic E-state index is 5.72. The molecule has 0 saturated carbocycles. The Morgan fingerprint density at radius 3 is 2.42 bits per heavy atom. The van der Waals surface area contributed by atoms with E-state index < -0.39 is 0 Å². The van der Waals surface area contributed by atoms with E-state index in [9.17, 15) is 0 Å². The van der Waals surface area contributed by atoms with Crippen LogP contribution in [0.1, 0.15) is 30.9 Å². The van der Waals surface area contributed by atoms with E-state index in [0.717, 1.165) is 11.3 Å². The molecule has 0 radical (unpaired) electrons. The number of anilines is 1. The van der Waals surface area contributed by atoms with Gasteiger partial charge in [0.05, 0.1) is 0 Å². The van der Waals surface area contributed by atoms with E-state index in [1.165, 1.54) is 5.56 Å². The Morgan fingerprint density at radius 1 is 1.25 bits per heavy atom. The van der Waals surface area contributed by atoms with E-state index in [1.807, 2.05) is 12.1 Å². The Balaban J connectivity index is 3.06. The van der Waals surface area contributed by atoms with Gasteiger partial charge in [0.25, 0.3) is 0 Å². The van der Waals surface area contributed by atoms with Crippen molar-refractivity contribution in [3.05, 3.63) is 29.3 Å². The molecule has 0 spiro atoms. The fourth-order valence-corrected chi connectivity index (χ4v) is 1.20. The highest BCUT2D eigenvalue weighted by Crippen LogP contribution is 2.19. The molecule has 0 aliphatic rings. The van der Waals surface area contributed by atoms with E-state index in [2.05, 4.69) is 19.9 Å². The van der Waals surface area contributed by atoms with Crippen LogP contribution in [-0.4, -0.2) is 0 Å². The first-order chi connectivity index (χ1) is 5.63. The van der Waals surface area contributed by atoms with Crippen molar-refractivity contribution in [3.63, 3.8) is 0 Å². The highest BCUT2D eigenvalue weighted by atomic mass is 14.6. The van der Waals surface area contributed by atoms with Crippen molar-refractivity contribution in [2.75, 3.05) is 5.73 Å². The van der Waals surface area contributed by atoms with Crippen molar-refractivity contribution in [3.8, 4) is 0 Å². The summed E-state index contributed by atoms with van der Waals surface area (Å²) in [6.45, 7) is 4.86. The first kappa shape index (κ1) is 9.07. The fraction of sp³-hybridized carbons (Fsp3) is 0.400. The molecule has 1 rings (SSSR count). The Kier molecular flexibility index (Phi) is 2.71. The van der Waals surface area contributed by atoms with Crippen LogP contribution in [0.15, 0.2) is 18.2 Å². The van der Waals surface area contributed by atoms with E-state index in [4.69, 9.17) is 11.5 Å². The predicted octanol–water partition coefficient (Wildman–Crippen LogP) is 1.85. The molecule has 0 unspecified atom stereocenters. The lowest BCUT2D eigenvalue weighted by molar-refractivity contribution is 0.862. The van der Waals surface area contributed by atoms with Crippen molar-refractivity contribution in [2.24, 2.45) is 5.73 Å². The minimum absolute atomic E-state index is 0.513. The average molecular weight is 164 g/mol. The van der Waals surface area contributed by atoms with Gasteiger partial charge in [0, 0.05) is 12.2 Å². The third-order valence-electron chi connectivity index (χ3n) is 1.94. The zero-order valence-corrected chi connectivity index (χ0v) is 7.67. The lowest BCUT2D eigenvalue weighted by atomic mass is 10.00. The Morgan fingerprint density at radius 2 is 1.92 bits per heavy atom. The molecule has 1 aromatic carbocycles. The van der Waals surface area contributed by atoms with Gasteiger partial charge in [-0.2, -0.15) is 0 Å². The summed E-state index contributed by atoms with van der Waals surface area (Å²) in [7, 11) is 0. The summed E-state index contributed by atoms with van der Waals surface area (Å²) in [6.07, 6.45) is 0. The SMILES string of the molecule is CC(C)c1cc(N)cc(CN)c1. The molecule has 0 atom stereocenters. The van der Waals surface area contributed by atoms with Crippen LogP contribution >= 0.6 is 0 Å². The molecular weight excluding hydrogens is 148 g/mol. The number of hydrogen-bond acceptors (Lipinski definition) is 2. The van der Waals surface area contributed by atoms with Crippen molar-refractivity contribution < 1.29 is 0 Å². The zero-order valence-electron chi connectivity index (χ0n) is 7.67. The van der Waals surface area contributed by atoms with E-state index in [1.54, 1.807) is 0 Å². The van der Waals surface area contributed by atoms with E-state index >= 15 is 0 Å². The highest BCUT2D eigenvalue weighted by molar-refractivity contribution is 5.45. The van der Waals surface area contributed by atoms with Gasteiger partial charge in [-0.1, -0.05) is 19.9 Å². The van der Waals surface area contributed by atoms with Crippen LogP contribution in [0.4, 0.5) is 5.69 Å². The van der Waals surface area contributed by atoms with Crippen LogP contribution in [0.3, 0.4) is 0 Å². The molecule has 0 bridgehead atoms. The average Bonchev–Trinajstić information content (AvgIpc) is 2.03. The lowest BCUT2D eigenvalue weighted by Gasteiger charge is -2.08. The number of benzene rings is 1. The van der Waals surface area contributed by atoms with Crippen LogP contribution in [0.25, 0.3) is 0 Å². The Hall–Kier alpha value is -1.02. The standard InChI is InChI=1S/C10H16N2/c1-7(2)9-3-8(6-11)4-10(12)5-9/h3-5,7H,6,11-12H2,1-2H3. The maximum Gasteiger partial charge on any atom is 0.0320 e. The van der Waals surface area contributed by atoms with Crippen LogP contribution in [0.2, 0.25) is 0 Å². The van der Waals surface area contributed by atoms with Gasteiger partial charge in [-0.15, -0.1) is 0 Å². The Labute approximate surface area is 73.6 Å². The number of nitrogen functional groups attached to an aromatic ring is 1. The van der Waals surface area contributed by atoms with Gasteiger partial charge in [-0.25, -0.2) is 0 Å². The molecule has 1 aromatic rings. The molecule has 0 aliphatic heterocycles. The molecule has 12 heavy (non-hydrogen) atoms. The van der Waals surface area contributed by atoms with Gasteiger partial charge < -0.3 is 11.5 Å². The molecule has 0 heterocycles. The summed E-state index contributed by atoms with van der Waals surface area (Å²) in [5.41, 5.74) is 14.4. The molecule has 2 heteroatoms. The predicted molar refractivity (Wildman–Crippen MR) is 52.8 cm³/mol. The quantitative estimate of drug-likeness (QED) is 0.655. The van der Waals surface area contributed by atoms with Gasteiger partial charge in [0.1, 0.15) is 0 Å². The molecule has 0 fully saturated rings. The summed E-state index contributed by atoms with van der Waals surface area (Å²) in [4.78, 5) is 0. The first-order valence-electron chi connectivity index (χ1n) is 4.23. The first-order valence-corrected chi connectivity index (χ1v) is 4.23. The third kappa shape index (κ3) is 1.98. The zero-order chi connectivity index (χ0) is 9.14. The van der Waals surface area contributed by atoms with Gasteiger partial charge in [0.15, 0.2) is 0 Å². The minimum atomic E-state index is 0.513. The van der Waals surface area contributed by atoms with E-state index in [0.29, 0.717) is 12.5 Å². The summed E-state index contributed by atoms with van der Waals surface area (Å²) in [6, 6.07) is 6.04. The van der Waals surface area contributed by atoms with Crippen LogP contribution in [-0.2, 0) is 6.54 Å². The number of rotatable bonds is 2. The van der Waals surface area contributed by atoms with Crippen molar-refractivity contribution >= 4 is 5.69 Å². The third-order valence-corrected chi connectivity index (χ3v) is 1.94. The largest absolute Gasteiger partial charge is 0.399 e. The van der Waals surface area contributed by atoms with Gasteiger partial charge in [-0.3, -0.25) is 0 Å². The van der Waals surface area contributed by atoms with Crippen molar-refractivity contribution in [1.82, 2.24) is 0 Å². The smallest absolute Gasteiger partial charge is 0.0320 e. The molecule has 0 aliphatic carbocycles. The van der Waals surface area contributed by atoms with Crippen LogP contribution < -0.4 is 11.5 Å². The second-order valence-corrected chi connectivity index (χ2v) is 3.37. The van der Waals surface area contributed by atoms with E-state index in [-0.39, 0.29) is 0 Å². The summed E-state index contributed by atoms with van der Waals surface area (Å²) < 4.78 is 0. The normalized spacial score (nSPS) is 10.7. The monoisotopic (exact) mass is 164 g/mol. The molecular formula is C10H16N2. The fourth-order valence-electron chi connectivity index (χ4n) is 1.20. The maximum atomic E-state index is 5.72.